The summed E-state index contributed by atoms with van der Waals surface area (Å²) in [6, 6.07) is 0. The molecule has 2 N–H and O–H groups in total. The monoisotopic (exact) mass is 197 g/mol. The van der Waals surface area contributed by atoms with Crippen molar-refractivity contribution in [2.24, 2.45) is 5.73 Å². The van der Waals surface area contributed by atoms with Gasteiger partial charge in [-0.25, -0.2) is 4.68 Å². The molecule has 0 unspecified atom stereocenters. The van der Waals surface area contributed by atoms with E-state index in [1.165, 1.54) is 11.3 Å². The zero-order valence-corrected chi connectivity index (χ0v) is 9.21. The molecule has 0 aliphatic heterocycles. The minimum Gasteiger partial charge on any atom is -0.360 e. The Morgan fingerprint density at radius 3 is 2.71 bits per heavy atom. The third-order valence-corrected chi connectivity index (χ3v) is 2.34. The van der Waals surface area contributed by atoms with Crippen LogP contribution in [0.5, 0.6) is 0 Å². The minimum absolute atomic E-state index is 0.535. The van der Waals surface area contributed by atoms with Gasteiger partial charge in [0.25, 0.3) is 0 Å². The van der Waals surface area contributed by atoms with Gasteiger partial charge in [-0.05, 0) is 39.3 Å². The van der Waals surface area contributed by atoms with Crippen molar-refractivity contribution < 1.29 is 4.74 Å². The van der Waals surface area contributed by atoms with Gasteiger partial charge in [0.15, 0.2) is 0 Å². The van der Waals surface area contributed by atoms with E-state index < -0.39 is 0 Å². The van der Waals surface area contributed by atoms with Crippen molar-refractivity contribution in [3.8, 4) is 0 Å². The maximum absolute atomic E-state index is 5.54. The summed E-state index contributed by atoms with van der Waals surface area (Å²) in [5, 5.41) is 4.40. The highest BCUT2D eigenvalue weighted by molar-refractivity contribution is 5.24. The van der Waals surface area contributed by atoms with Gasteiger partial charge in [0.2, 0.25) is 0 Å². The van der Waals surface area contributed by atoms with Crippen LogP contribution in [0.1, 0.15) is 23.9 Å². The molecule has 0 bridgehead atoms. The molecule has 0 fully saturated rings. The van der Waals surface area contributed by atoms with Crippen molar-refractivity contribution in [2.75, 3.05) is 13.2 Å². The SMILES string of the molecule is CCOCn1nc(C)c(CCN)c1C. The second-order valence-corrected chi connectivity index (χ2v) is 3.31. The molecule has 0 atom stereocenters. The molecule has 1 aromatic heterocycles. The highest BCUT2D eigenvalue weighted by atomic mass is 16.5. The van der Waals surface area contributed by atoms with Gasteiger partial charge in [-0.2, -0.15) is 5.10 Å². The second-order valence-electron chi connectivity index (χ2n) is 3.31. The van der Waals surface area contributed by atoms with Crippen LogP contribution in [0.25, 0.3) is 0 Å². The molecule has 0 radical (unpaired) electrons. The number of aryl methyl sites for hydroxylation is 1. The molecule has 4 heteroatoms. The molecular formula is C10H19N3O. The Labute approximate surface area is 85.0 Å². The topological polar surface area (TPSA) is 53.1 Å². The van der Waals surface area contributed by atoms with Crippen molar-refractivity contribution >= 4 is 0 Å². The van der Waals surface area contributed by atoms with Crippen LogP contribution in [-0.2, 0) is 17.9 Å². The first kappa shape index (κ1) is 11.2. The Balaban J connectivity index is 2.81. The van der Waals surface area contributed by atoms with E-state index in [0.717, 1.165) is 12.1 Å². The Morgan fingerprint density at radius 2 is 2.14 bits per heavy atom. The largest absolute Gasteiger partial charge is 0.360 e. The number of hydrogen-bond acceptors (Lipinski definition) is 3. The van der Waals surface area contributed by atoms with Crippen molar-refractivity contribution in [1.29, 1.82) is 0 Å². The molecule has 0 saturated heterocycles. The summed E-state index contributed by atoms with van der Waals surface area (Å²) in [5.41, 5.74) is 9.03. The molecule has 0 saturated carbocycles. The zero-order chi connectivity index (χ0) is 10.6. The molecule has 1 heterocycles. The minimum atomic E-state index is 0.535. The lowest BCUT2D eigenvalue weighted by Gasteiger charge is -2.04. The fourth-order valence-corrected chi connectivity index (χ4v) is 1.54. The van der Waals surface area contributed by atoms with Crippen molar-refractivity contribution in [2.45, 2.75) is 33.9 Å². The van der Waals surface area contributed by atoms with Crippen LogP contribution >= 0.6 is 0 Å². The number of nitrogens with zero attached hydrogens (tertiary/aromatic N) is 2. The fraction of sp³-hybridized carbons (Fsp3) is 0.700. The summed E-state index contributed by atoms with van der Waals surface area (Å²) in [6.07, 6.45) is 0.893. The highest BCUT2D eigenvalue weighted by Gasteiger charge is 2.09. The standard InChI is InChI=1S/C10H19N3O/c1-4-14-7-13-9(3)10(5-6-11)8(2)12-13/h4-7,11H2,1-3H3. The summed E-state index contributed by atoms with van der Waals surface area (Å²) in [6.45, 7) is 7.97. The van der Waals surface area contributed by atoms with Gasteiger partial charge >= 0.3 is 0 Å². The first-order valence-electron chi connectivity index (χ1n) is 5.01. The van der Waals surface area contributed by atoms with Crippen molar-refractivity contribution in [1.82, 2.24) is 9.78 Å². The van der Waals surface area contributed by atoms with Gasteiger partial charge in [-0.1, -0.05) is 0 Å². The Hall–Kier alpha value is -0.870. The van der Waals surface area contributed by atoms with Crippen LogP contribution in [0.15, 0.2) is 0 Å². The summed E-state index contributed by atoms with van der Waals surface area (Å²) in [7, 11) is 0. The van der Waals surface area contributed by atoms with Crippen LogP contribution in [-0.4, -0.2) is 22.9 Å². The second kappa shape index (κ2) is 5.12. The first-order chi connectivity index (χ1) is 6.70. The average Bonchev–Trinajstić information content (AvgIpc) is 2.43. The molecule has 1 aromatic rings. The van der Waals surface area contributed by atoms with E-state index in [9.17, 15) is 0 Å². The van der Waals surface area contributed by atoms with E-state index in [1.54, 1.807) is 0 Å². The Kier molecular flexibility index (Phi) is 4.10. The fourth-order valence-electron chi connectivity index (χ4n) is 1.54. The Morgan fingerprint density at radius 1 is 1.43 bits per heavy atom. The smallest absolute Gasteiger partial charge is 0.139 e. The predicted octanol–water partition coefficient (Wildman–Crippen LogP) is 0.995. The quantitative estimate of drug-likeness (QED) is 0.766. The van der Waals surface area contributed by atoms with Gasteiger partial charge in [0.05, 0.1) is 5.69 Å². The zero-order valence-electron chi connectivity index (χ0n) is 9.21. The summed E-state index contributed by atoms with van der Waals surface area (Å²) < 4.78 is 7.21. The third-order valence-electron chi connectivity index (χ3n) is 2.34. The molecule has 0 aliphatic rings. The van der Waals surface area contributed by atoms with Crippen LogP contribution in [0.3, 0.4) is 0 Å². The molecule has 14 heavy (non-hydrogen) atoms. The van der Waals surface area contributed by atoms with E-state index in [1.807, 2.05) is 18.5 Å². The van der Waals surface area contributed by atoms with E-state index in [0.29, 0.717) is 19.9 Å². The van der Waals surface area contributed by atoms with Gasteiger partial charge in [0.1, 0.15) is 6.73 Å². The van der Waals surface area contributed by atoms with Crippen LogP contribution in [0, 0.1) is 13.8 Å². The van der Waals surface area contributed by atoms with Crippen LogP contribution in [0.2, 0.25) is 0 Å². The lowest BCUT2D eigenvalue weighted by atomic mass is 10.1. The normalized spacial score (nSPS) is 10.9. The molecule has 0 aliphatic carbocycles. The maximum Gasteiger partial charge on any atom is 0.139 e. The number of ether oxygens (including phenoxy) is 1. The summed E-state index contributed by atoms with van der Waals surface area (Å²) in [4.78, 5) is 0. The van der Waals surface area contributed by atoms with Crippen LogP contribution < -0.4 is 5.73 Å². The molecule has 0 aromatic carbocycles. The molecule has 80 valence electrons. The van der Waals surface area contributed by atoms with Gasteiger partial charge in [-0.15, -0.1) is 0 Å². The highest BCUT2D eigenvalue weighted by Crippen LogP contribution is 2.13. The van der Waals surface area contributed by atoms with E-state index in [-0.39, 0.29) is 0 Å². The molecule has 4 nitrogen and oxygen atoms in total. The molecule has 0 amide bonds. The summed E-state index contributed by atoms with van der Waals surface area (Å²) in [5.74, 6) is 0. The van der Waals surface area contributed by atoms with Gasteiger partial charge in [-0.3, -0.25) is 0 Å². The molecule has 1 rings (SSSR count). The van der Waals surface area contributed by atoms with Crippen LogP contribution in [0.4, 0.5) is 0 Å². The van der Waals surface area contributed by atoms with Crippen molar-refractivity contribution in [3.63, 3.8) is 0 Å². The van der Waals surface area contributed by atoms with Crippen molar-refractivity contribution in [3.05, 3.63) is 17.0 Å². The Bertz CT molecular complexity index is 294. The first-order valence-corrected chi connectivity index (χ1v) is 5.01. The maximum atomic E-state index is 5.54. The van der Waals surface area contributed by atoms with Gasteiger partial charge < -0.3 is 10.5 Å². The van der Waals surface area contributed by atoms with E-state index >= 15 is 0 Å². The average molecular weight is 197 g/mol. The van der Waals surface area contributed by atoms with Gasteiger partial charge in [0, 0.05) is 12.3 Å². The summed E-state index contributed by atoms with van der Waals surface area (Å²) >= 11 is 0. The predicted molar refractivity (Wildman–Crippen MR) is 56.1 cm³/mol. The number of nitrogens with two attached hydrogens (primary N) is 1. The molecular weight excluding hydrogens is 178 g/mol. The molecule has 0 spiro atoms. The number of hydrogen-bond donors (Lipinski definition) is 1. The lowest BCUT2D eigenvalue weighted by Crippen LogP contribution is -2.07. The third kappa shape index (κ3) is 2.33. The lowest BCUT2D eigenvalue weighted by molar-refractivity contribution is 0.0775. The van der Waals surface area contributed by atoms with E-state index in [4.69, 9.17) is 10.5 Å². The van der Waals surface area contributed by atoms with E-state index in [2.05, 4.69) is 12.0 Å². The number of rotatable bonds is 5. The number of aromatic nitrogens is 2.